The van der Waals surface area contributed by atoms with Crippen LogP contribution in [0.3, 0.4) is 0 Å². The van der Waals surface area contributed by atoms with Crippen LogP contribution in [0.25, 0.3) is 0 Å². The third-order valence-corrected chi connectivity index (χ3v) is 5.00. The van der Waals surface area contributed by atoms with Crippen molar-refractivity contribution < 1.29 is 13.2 Å². The predicted octanol–water partition coefficient (Wildman–Crippen LogP) is 3.27. The minimum Gasteiger partial charge on any atom is -0.295 e. The zero-order chi connectivity index (χ0) is 16.2. The smallest absolute Gasteiger partial charge is 0.264 e. The van der Waals surface area contributed by atoms with Crippen LogP contribution in [0.1, 0.15) is 17.3 Å². The maximum Gasteiger partial charge on any atom is 0.264 e. The Kier molecular flexibility index (Phi) is 4.78. The molecule has 0 aliphatic heterocycles. The molecule has 5 heteroatoms. The van der Waals surface area contributed by atoms with E-state index in [9.17, 15) is 13.2 Å². The van der Waals surface area contributed by atoms with Crippen LogP contribution < -0.4 is 4.31 Å². The molecule has 2 aromatic rings. The van der Waals surface area contributed by atoms with Crippen LogP contribution in [0.2, 0.25) is 0 Å². The first kappa shape index (κ1) is 16.0. The van der Waals surface area contributed by atoms with Crippen LogP contribution in [0.4, 0.5) is 5.69 Å². The van der Waals surface area contributed by atoms with Gasteiger partial charge in [-0.3, -0.25) is 9.10 Å². The van der Waals surface area contributed by atoms with Gasteiger partial charge in [0.1, 0.15) is 0 Å². The molecule has 0 saturated heterocycles. The van der Waals surface area contributed by atoms with Gasteiger partial charge in [-0.05, 0) is 31.2 Å². The Balaban J connectivity index is 2.45. The summed E-state index contributed by atoms with van der Waals surface area (Å²) < 4.78 is 26.9. The zero-order valence-electron chi connectivity index (χ0n) is 12.3. The van der Waals surface area contributed by atoms with Gasteiger partial charge in [-0.15, -0.1) is 6.58 Å². The van der Waals surface area contributed by atoms with Gasteiger partial charge >= 0.3 is 0 Å². The monoisotopic (exact) mass is 315 g/mol. The summed E-state index contributed by atoms with van der Waals surface area (Å²) in [5.74, 6) is -0.102. The fraction of sp³-hybridized carbons (Fsp3) is 0.118. The molecule has 22 heavy (non-hydrogen) atoms. The molecule has 2 aromatic carbocycles. The van der Waals surface area contributed by atoms with Gasteiger partial charge in [0, 0.05) is 5.56 Å². The summed E-state index contributed by atoms with van der Waals surface area (Å²) in [5, 5.41) is 0. The quantitative estimate of drug-likeness (QED) is 0.607. The largest absolute Gasteiger partial charge is 0.295 e. The molecule has 0 amide bonds. The first-order valence-electron chi connectivity index (χ1n) is 6.76. The molecule has 4 nitrogen and oxygen atoms in total. The number of nitrogens with zero attached hydrogens (tertiary/aromatic N) is 1. The van der Waals surface area contributed by atoms with E-state index >= 15 is 0 Å². The molecule has 0 heterocycles. The highest BCUT2D eigenvalue weighted by Crippen LogP contribution is 2.23. The van der Waals surface area contributed by atoms with Crippen LogP contribution in [0.15, 0.2) is 72.1 Å². The van der Waals surface area contributed by atoms with Gasteiger partial charge in [-0.25, -0.2) is 8.42 Å². The van der Waals surface area contributed by atoms with Gasteiger partial charge in [0.2, 0.25) is 0 Å². The molecular formula is C17H17NO3S. The van der Waals surface area contributed by atoms with Crippen molar-refractivity contribution in [2.45, 2.75) is 11.8 Å². The average molecular weight is 315 g/mol. The summed E-state index contributed by atoms with van der Waals surface area (Å²) in [4.78, 5) is 11.4. The molecule has 114 valence electrons. The number of Topliss-reactive ketones (excluding diaryl/α,β-unsaturated/α-hetero) is 1. The molecule has 0 bridgehead atoms. The fourth-order valence-corrected chi connectivity index (χ4v) is 3.48. The van der Waals surface area contributed by atoms with Crippen LogP contribution in [0.5, 0.6) is 0 Å². The molecule has 0 radical (unpaired) electrons. The summed E-state index contributed by atoms with van der Waals surface area (Å²) >= 11 is 0. The van der Waals surface area contributed by atoms with Crippen molar-refractivity contribution in [2.75, 3.05) is 10.8 Å². The summed E-state index contributed by atoms with van der Waals surface area (Å²) in [7, 11) is -3.71. The number of hydrogen-bond acceptors (Lipinski definition) is 3. The van der Waals surface area contributed by atoms with Crippen molar-refractivity contribution in [2.24, 2.45) is 0 Å². The minimum absolute atomic E-state index is 0.102. The Morgan fingerprint density at radius 1 is 1.09 bits per heavy atom. The van der Waals surface area contributed by atoms with Gasteiger partial charge in [-0.1, -0.05) is 36.4 Å². The second-order valence-electron chi connectivity index (χ2n) is 4.74. The summed E-state index contributed by atoms with van der Waals surface area (Å²) in [6.45, 7) is 5.23. The Bertz CT molecular complexity index is 765. The summed E-state index contributed by atoms with van der Waals surface area (Å²) in [6.07, 6.45) is 1.54. The van der Waals surface area contributed by atoms with Crippen molar-refractivity contribution in [3.63, 3.8) is 0 Å². The molecule has 0 saturated carbocycles. The second kappa shape index (κ2) is 6.58. The number of rotatable bonds is 6. The number of benzene rings is 2. The third kappa shape index (κ3) is 3.26. The van der Waals surface area contributed by atoms with Gasteiger partial charge < -0.3 is 0 Å². The third-order valence-electron chi connectivity index (χ3n) is 3.19. The molecule has 0 spiro atoms. The molecule has 0 aliphatic carbocycles. The van der Waals surface area contributed by atoms with Crippen molar-refractivity contribution in [1.29, 1.82) is 0 Å². The highest BCUT2D eigenvalue weighted by molar-refractivity contribution is 7.92. The number of carbonyl (C=O) groups excluding carboxylic acids is 1. The fourth-order valence-electron chi connectivity index (χ4n) is 2.04. The number of anilines is 1. The molecule has 0 atom stereocenters. The predicted molar refractivity (Wildman–Crippen MR) is 87.6 cm³/mol. The lowest BCUT2D eigenvalue weighted by atomic mass is 10.2. The van der Waals surface area contributed by atoms with E-state index < -0.39 is 10.0 Å². The maximum absolute atomic E-state index is 12.8. The number of hydrogen-bond donors (Lipinski definition) is 0. The zero-order valence-corrected chi connectivity index (χ0v) is 13.1. The van der Waals surface area contributed by atoms with E-state index in [0.29, 0.717) is 11.3 Å². The Labute approximate surface area is 130 Å². The van der Waals surface area contributed by atoms with E-state index in [0.717, 1.165) is 0 Å². The lowest BCUT2D eigenvalue weighted by molar-refractivity contribution is 0.101. The normalized spacial score (nSPS) is 11.0. The average Bonchev–Trinajstić information content (AvgIpc) is 2.53. The maximum atomic E-state index is 12.8. The van der Waals surface area contributed by atoms with Crippen LogP contribution >= 0.6 is 0 Å². The van der Waals surface area contributed by atoms with Crippen molar-refractivity contribution >= 4 is 21.5 Å². The van der Waals surface area contributed by atoms with E-state index in [1.807, 2.05) is 6.07 Å². The van der Waals surface area contributed by atoms with Crippen LogP contribution in [-0.2, 0) is 10.0 Å². The van der Waals surface area contributed by atoms with Crippen LogP contribution in [0, 0.1) is 0 Å². The Hall–Kier alpha value is -2.40. The van der Waals surface area contributed by atoms with E-state index in [1.54, 1.807) is 24.3 Å². The number of para-hydroxylation sites is 1. The summed E-state index contributed by atoms with van der Waals surface area (Å²) in [5.41, 5.74) is 1.05. The lowest BCUT2D eigenvalue weighted by Gasteiger charge is -2.23. The minimum atomic E-state index is -3.71. The van der Waals surface area contributed by atoms with Crippen molar-refractivity contribution in [3.8, 4) is 0 Å². The van der Waals surface area contributed by atoms with Gasteiger partial charge in [0.05, 0.1) is 17.1 Å². The number of ketones is 1. The Morgan fingerprint density at radius 3 is 2.18 bits per heavy atom. The van der Waals surface area contributed by atoms with E-state index in [2.05, 4.69) is 6.58 Å². The first-order valence-corrected chi connectivity index (χ1v) is 8.20. The lowest BCUT2D eigenvalue weighted by Crippen LogP contribution is -2.31. The number of carbonyl (C=O) groups is 1. The van der Waals surface area contributed by atoms with E-state index in [-0.39, 0.29) is 17.2 Å². The van der Waals surface area contributed by atoms with Gasteiger partial charge in [0.25, 0.3) is 10.0 Å². The first-order chi connectivity index (χ1) is 10.5. The topological polar surface area (TPSA) is 54.5 Å². The molecule has 0 aromatic heterocycles. The molecular weight excluding hydrogens is 298 g/mol. The van der Waals surface area contributed by atoms with E-state index in [4.69, 9.17) is 0 Å². The molecule has 0 aliphatic rings. The van der Waals surface area contributed by atoms with Crippen LogP contribution in [-0.4, -0.2) is 20.7 Å². The van der Waals surface area contributed by atoms with Gasteiger partial charge in [-0.2, -0.15) is 0 Å². The molecule has 2 rings (SSSR count). The SMILES string of the molecule is C=CCN(c1ccccc1)S(=O)(=O)c1ccc(C(C)=O)cc1. The summed E-state index contributed by atoms with van der Waals surface area (Å²) in [6, 6.07) is 14.8. The number of sulfonamides is 1. The molecule has 0 unspecified atom stereocenters. The second-order valence-corrected chi connectivity index (χ2v) is 6.60. The van der Waals surface area contributed by atoms with Crippen molar-refractivity contribution in [1.82, 2.24) is 0 Å². The standard InChI is InChI=1S/C17H17NO3S/c1-3-13-18(16-7-5-4-6-8-16)22(20,21)17-11-9-15(10-12-17)14(2)19/h3-12H,1,13H2,2H3. The van der Waals surface area contributed by atoms with Gasteiger partial charge in [0.15, 0.2) is 5.78 Å². The molecule has 0 fully saturated rings. The highest BCUT2D eigenvalue weighted by Gasteiger charge is 2.23. The highest BCUT2D eigenvalue weighted by atomic mass is 32.2. The molecule has 0 N–H and O–H groups in total. The Morgan fingerprint density at radius 2 is 1.68 bits per heavy atom. The van der Waals surface area contributed by atoms with E-state index in [1.165, 1.54) is 41.6 Å². The van der Waals surface area contributed by atoms with Crippen molar-refractivity contribution in [3.05, 3.63) is 72.8 Å².